The van der Waals surface area contributed by atoms with Crippen LogP contribution in [0.15, 0.2) is 6.07 Å². The van der Waals surface area contributed by atoms with Gasteiger partial charge in [0.05, 0.1) is 12.2 Å². The van der Waals surface area contributed by atoms with Crippen molar-refractivity contribution in [2.45, 2.75) is 26.1 Å². The lowest BCUT2D eigenvalue weighted by Crippen LogP contribution is -2.52. The van der Waals surface area contributed by atoms with E-state index in [1.807, 2.05) is 13.8 Å². The van der Waals surface area contributed by atoms with Gasteiger partial charge in [-0.15, -0.1) is 0 Å². The Morgan fingerprint density at radius 1 is 1.41 bits per heavy atom. The molecule has 2 rings (SSSR count). The van der Waals surface area contributed by atoms with Gasteiger partial charge in [-0.05, 0) is 13.8 Å². The second-order valence-corrected chi connectivity index (χ2v) is 4.65. The van der Waals surface area contributed by atoms with Crippen LogP contribution in [-0.4, -0.2) is 42.4 Å². The molecule has 0 radical (unpaired) electrons. The van der Waals surface area contributed by atoms with E-state index in [4.69, 9.17) is 21.1 Å². The van der Waals surface area contributed by atoms with Gasteiger partial charge in [0.1, 0.15) is 11.0 Å². The monoisotopic (exact) mass is 257 g/mol. The Hall–Kier alpha value is -1.07. The summed E-state index contributed by atoms with van der Waals surface area (Å²) >= 11 is 5.94. The highest BCUT2D eigenvalue weighted by Crippen LogP contribution is 2.24. The van der Waals surface area contributed by atoms with Crippen LogP contribution in [0.4, 0.5) is 5.82 Å². The molecular formula is C11H16ClN3O2. The van der Waals surface area contributed by atoms with E-state index in [0.29, 0.717) is 11.2 Å². The standard InChI is InChI=1S/C11H16ClN3O2/c1-7(2)17-11-13-9(12)4-10(14-11)15-5-8(6-15)16-3/h4,7-8H,5-6H2,1-3H3. The Labute approximate surface area is 106 Å². The summed E-state index contributed by atoms with van der Waals surface area (Å²) in [5, 5.41) is 0.395. The maximum atomic E-state index is 5.94. The third-order valence-corrected chi connectivity index (χ3v) is 2.70. The number of rotatable bonds is 4. The summed E-state index contributed by atoms with van der Waals surface area (Å²) in [6.07, 6.45) is 0.308. The Morgan fingerprint density at radius 3 is 2.71 bits per heavy atom. The molecule has 6 heteroatoms. The molecule has 0 aliphatic carbocycles. The van der Waals surface area contributed by atoms with E-state index in [0.717, 1.165) is 18.9 Å². The van der Waals surface area contributed by atoms with Gasteiger partial charge >= 0.3 is 6.01 Å². The second-order valence-electron chi connectivity index (χ2n) is 4.26. The molecule has 1 aliphatic rings. The van der Waals surface area contributed by atoms with Gasteiger partial charge in [-0.1, -0.05) is 11.6 Å². The fourth-order valence-electron chi connectivity index (χ4n) is 1.59. The first-order valence-corrected chi connectivity index (χ1v) is 5.95. The highest BCUT2D eigenvalue weighted by Gasteiger charge is 2.28. The van der Waals surface area contributed by atoms with E-state index < -0.39 is 0 Å². The number of ether oxygens (including phenoxy) is 2. The number of hydrogen-bond donors (Lipinski definition) is 0. The zero-order chi connectivity index (χ0) is 12.4. The minimum atomic E-state index is 0.0319. The van der Waals surface area contributed by atoms with E-state index in [9.17, 15) is 0 Å². The molecule has 5 nitrogen and oxygen atoms in total. The van der Waals surface area contributed by atoms with Crippen LogP contribution < -0.4 is 9.64 Å². The molecule has 0 bridgehead atoms. The molecule has 1 aromatic rings. The fraction of sp³-hybridized carbons (Fsp3) is 0.636. The van der Waals surface area contributed by atoms with Crippen LogP contribution in [-0.2, 0) is 4.74 Å². The fourth-order valence-corrected chi connectivity index (χ4v) is 1.76. The number of aromatic nitrogens is 2. The first-order valence-electron chi connectivity index (χ1n) is 5.57. The quantitative estimate of drug-likeness (QED) is 0.769. The maximum absolute atomic E-state index is 5.94. The van der Waals surface area contributed by atoms with Crippen molar-refractivity contribution in [3.05, 3.63) is 11.2 Å². The zero-order valence-electron chi connectivity index (χ0n) is 10.2. The van der Waals surface area contributed by atoms with Crippen LogP contribution in [0.5, 0.6) is 6.01 Å². The molecule has 1 aromatic heterocycles. The largest absolute Gasteiger partial charge is 0.461 e. The van der Waals surface area contributed by atoms with Crippen molar-refractivity contribution in [3.8, 4) is 6.01 Å². The van der Waals surface area contributed by atoms with Gasteiger partial charge in [0.25, 0.3) is 0 Å². The SMILES string of the molecule is COC1CN(c2cc(Cl)nc(OC(C)C)n2)C1. The maximum Gasteiger partial charge on any atom is 0.320 e. The molecule has 0 atom stereocenters. The minimum absolute atomic E-state index is 0.0319. The van der Waals surface area contributed by atoms with Crippen LogP contribution >= 0.6 is 11.6 Å². The lowest BCUT2D eigenvalue weighted by molar-refractivity contribution is 0.0781. The molecule has 2 heterocycles. The predicted molar refractivity (Wildman–Crippen MR) is 65.8 cm³/mol. The van der Waals surface area contributed by atoms with Crippen LogP contribution in [0, 0.1) is 0 Å². The molecule has 1 fully saturated rings. The minimum Gasteiger partial charge on any atom is -0.461 e. The Bertz CT molecular complexity index is 394. The van der Waals surface area contributed by atoms with Crippen molar-refractivity contribution in [2.24, 2.45) is 0 Å². The highest BCUT2D eigenvalue weighted by atomic mass is 35.5. The van der Waals surface area contributed by atoms with Crippen molar-refractivity contribution >= 4 is 17.4 Å². The molecule has 0 amide bonds. The summed E-state index contributed by atoms with van der Waals surface area (Å²) in [7, 11) is 1.71. The van der Waals surface area contributed by atoms with Gasteiger partial charge in [-0.2, -0.15) is 9.97 Å². The third-order valence-electron chi connectivity index (χ3n) is 2.51. The van der Waals surface area contributed by atoms with E-state index >= 15 is 0 Å². The molecule has 0 unspecified atom stereocenters. The van der Waals surface area contributed by atoms with E-state index in [2.05, 4.69) is 14.9 Å². The smallest absolute Gasteiger partial charge is 0.320 e. The van der Waals surface area contributed by atoms with Crippen LogP contribution in [0.25, 0.3) is 0 Å². The lowest BCUT2D eigenvalue weighted by Gasteiger charge is -2.38. The molecule has 17 heavy (non-hydrogen) atoms. The third kappa shape index (κ3) is 2.98. The summed E-state index contributed by atoms with van der Waals surface area (Å²) < 4.78 is 10.7. The molecular weight excluding hydrogens is 242 g/mol. The van der Waals surface area contributed by atoms with Gasteiger partial charge in [-0.3, -0.25) is 0 Å². The predicted octanol–water partition coefficient (Wildman–Crippen LogP) is 1.75. The summed E-state index contributed by atoms with van der Waals surface area (Å²) in [6.45, 7) is 5.50. The van der Waals surface area contributed by atoms with Crippen molar-refractivity contribution in [1.82, 2.24) is 9.97 Å². The summed E-state index contributed by atoms with van der Waals surface area (Å²) in [5.74, 6) is 0.786. The first kappa shape index (κ1) is 12.4. The van der Waals surface area contributed by atoms with E-state index in [1.165, 1.54) is 0 Å². The zero-order valence-corrected chi connectivity index (χ0v) is 10.9. The molecule has 0 spiro atoms. The normalized spacial score (nSPS) is 16.2. The van der Waals surface area contributed by atoms with Crippen molar-refractivity contribution in [3.63, 3.8) is 0 Å². The van der Waals surface area contributed by atoms with Gasteiger partial charge in [-0.25, -0.2) is 0 Å². The number of methoxy groups -OCH3 is 1. The molecule has 94 valence electrons. The number of anilines is 1. The van der Waals surface area contributed by atoms with E-state index in [-0.39, 0.29) is 12.2 Å². The number of nitrogens with zero attached hydrogens (tertiary/aromatic N) is 3. The highest BCUT2D eigenvalue weighted by molar-refractivity contribution is 6.29. The van der Waals surface area contributed by atoms with Gasteiger partial charge < -0.3 is 14.4 Å². The van der Waals surface area contributed by atoms with Crippen LogP contribution in [0.2, 0.25) is 5.15 Å². The summed E-state index contributed by atoms with van der Waals surface area (Å²) in [6, 6.07) is 2.06. The van der Waals surface area contributed by atoms with Crippen molar-refractivity contribution in [1.29, 1.82) is 0 Å². The Kier molecular flexibility index (Phi) is 3.69. The summed E-state index contributed by atoms with van der Waals surface area (Å²) in [4.78, 5) is 10.4. The van der Waals surface area contributed by atoms with Crippen LogP contribution in [0.3, 0.4) is 0 Å². The average molecular weight is 258 g/mol. The molecule has 0 aromatic carbocycles. The summed E-state index contributed by atoms with van der Waals surface area (Å²) in [5.41, 5.74) is 0. The average Bonchev–Trinajstić information content (AvgIpc) is 2.13. The molecule has 1 saturated heterocycles. The molecule has 0 N–H and O–H groups in total. The van der Waals surface area contributed by atoms with Gasteiger partial charge in [0.2, 0.25) is 0 Å². The second kappa shape index (κ2) is 5.06. The Balaban J connectivity index is 2.10. The number of hydrogen-bond acceptors (Lipinski definition) is 5. The lowest BCUT2D eigenvalue weighted by atomic mass is 10.2. The molecule has 0 saturated carbocycles. The number of halogens is 1. The van der Waals surface area contributed by atoms with Gasteiger partial charge in [0, 0.05) is 26.3 Å². The van der Waals surface area contributed by atoms with Crippen molar-refractivity contribution in [2.75, 3.05) is 25.1 Å². The van der Waals surface area contributed by atoms with Gasteiger partial charge in [0.15, 0.2) is 0 Å². The Morgan fingerprint density at radius 2 is 2.12 bits per heavy atom. The first-order chi connectivity index (χ1) is 8.08. The topological polar surface area (TPSA) is 47.5 Å². The van der Waals surface area contributed by atoms with Crippen molar-refractivity contribution < 1.29 is 9.47 Å². The molecule has 1 aliphatic heterocycles. The van der Waals surface area contributed by atoms with E-state index in [1.54, 1.807) is 13.2 Å². The van der Waals surface area contributed by atoms with Crippen LogP contribution in [0.1, 0.15) is 13.8 Å².